The molecule has 0 spiro atoms. The van der Waals surface area contributed by atoms with Gasteiger partial charge in [-0.1, -0.05) is 17.7 Å². The minimum absolute atomic E-state index is 0.271. The van der Waals surface area contributed by atoms with Crippen molar-refractivity contribution in [2.75, 3.05) is 17.7 Å². The Morgan fingerprint density at radius 3 is 2.94 bits per heavy atom. The Kier molecular flexibility index (Phi) is 3.39. The van der Waals surface area contributed by atoms with Crippen LogP contribution in [-0.4, -0.2) is 22.0 Å². The quantitative estimate of drug-likeness (QED) is 0.840. The lowest BCUT2D eigenvalue weighted by molar-refractivity contribution is 0.888. The van der Waals surface area contributed by atoms with E-state index in [0.29, 0.717) is 18.1 Å². The van der Waals surface area contributed by atoms with Crippen LogP contribution in [0.15, 0.2) is 30.9 Å². The fourth-order valence-corrected chi connectivity index (χ4v) is 1.64. The van der Waals surface area contributed by atoms with Gasteiger partial charge in [-0.15, -0.1) is 0 Å². The summed E-state index contributed by atoms with van der Waals surface area (Å²) in [4.78, 5) is 13.9. The molecule has 2 rings (SSSR count). The van der Waals surface area contributed by atoms with Crippen LogP contribution < -0.4 is 10.6 Å². The summed E-state index contributed by atoms with van der Waals surface area (Å²) in [5.41, 5.74) is 7.29. The number of aromatic nitrogens is 3. The summed E-state index contributed by atoms with van der Waals surface area (Å²) in [6.07, 6.45) is 4.93. The van der Waals surface area contributed by atoms with Gasteiger partial charge in [0.05, 0.1) is 0 Å². The van der Waals surface area contributed by atoms with Crippen molar-refractivity contribution in [1.29, 1.82) is 0 Å². The Labute approximate surface area is 104 Å². The van der Waals surface area contributed by atoms with Crippen molar-refractivity contribution in [2.24, 2.45) is 0 Å². The average molecular weight is 250 g/mol. The molecule has 0 fully saturated rings. The zero-order valence-electron chi connectivity index (χ0n) is 9.34. The first kappa shape index (κ1) is 11.6. The summed E-state index contributed by atoms with van der Waals surface area (Å²) < 4.78 is 0. The number of nitrogens with zero attached hydrogens (tertiary/aromatic N) is 4. The van der Waals surface area contributed by atoms with Crippen LogP contribution in [0.1, 0.15) is 5.56 Å². The molecule has 2 aromatic heterocycles. The number of rotatable bonds is 3. The van der Waals surface area contributed by atoms with Gasteiger partial charge in [-0.2, -0.15) is 0 Å². The van der Waals surface area contributed by atoms with Gasteiger partial charge in [0.25, 0.3) is 0 Å². The van der Waals surface area contributed by atoms with Gasteiger partial charge in [-0.05, 0) is 11.6 Å². The molecule has 0 unspecified atom stereocenters. The van der Waals surface area contributed by atoms with Crippen molar-refractivity contribution in [2.45, 2.75) is 6.54 Å². The number of pyridine rings is 1. The second-order valence-electron chi connectivity index (χ2n) is 3.62. The van der Waals surface area contributed by atoms with Crippen molar-refractivity contribution in [1.82, 2.24) is 15.0 Å². The molecule has 88 valence electrons. The first-order valence-electron chi connectivity index (χ1n) is 5.04. The second-order valence-corrected chi connectivity index (χ2v) is 3.98. The van der Waals surface area contributed by atoms with Crippen LogP contribution in [0.25, 0.3) is 0 Å². The van der Waals surface area contributed by atoms with Crippen LogP contribution in [0.4, 0.5) is 11.5 Å². The molecule has 2 N–H and O–H groups in total. The fourth-order valence-electron chi connectivity index (χ4n) is 1.51. The molecular formula is C11H12ClN5. The summed E-state index contributed by atoms with van der Waals surface area (Å²) in [6.45, 7) is 0.658. The van der Waals surface area contributed by atoms with Gasteiger partial charge in [0.2, 0.25) is 0 Å². The van der Waals surface area contributed by atoms with Gasteiger partial charge in [0.15, 0.2) is 11.0 Å². The molecule has 0 amide bonds. The molecule has 0 aliphatic rings. The Balaban J connectivity index is 2.20. The van der Waals surface area contributed by atoms with Crippen LogP contribution in [0.3, 0.4) is 0 Å². The summed E-state index contributed by atoms with van der Waals surface area (Å²) >= 11 is 5.85. The number of nitrogens with two attached hydrogens (primary N) is 1. The maximum absolute atomic E-state index is 5.85. The third kappa shape index (κ3) is 2.62. The molecule has 0 radical (unpaired) electrons. The summed E-state index contributed by atoms with van der Waals surface area (Å²) in [5, 5.41) is 0.271. The number of halogens is 1. The highest BCUT2D eigenvalue weighted by molar-refractivity contribution is 6.32. The van der Waals surface area contributed by atoms with Crippen molar-refractivity contribution in [3.63, 3.8) is 0 Å². The van der Waals surface area contributed by atoms with Crippen LogP contribution >= 0.6 is 11.6 Å². The zero-order chi connectivity index (χ0) is 12.3. The number of anilines is 2. The van der Waals surface area contributed by atoms with Gasteiger partial charge in [0.1, 0.15) is 12.0 Å². The molecule has 17 heavy (non-hydrogen) atoms. The van der Waals surface area contributed by atoms with E-state index in [1.165, 1.54) is 6.33 Å². The third-order valence-corrected chi connectivity index (χ3v) is 2.62. The standard InChI is InChI=1S/C11H12ClN5/c1-17(6-8-3-2-4-14-5-8)11-9(13)10(12)15-7-16-11/h2-5,7H,6,13H2,1H3. The molecule has 0 aliphatic carbocycles. The molecule has 5 nitrogen and oxygen atoms in total. The molecular weight excluding hydrogens is 238 g/mol. The molecule has 6 heteroatoms. The van der Waals surface area contributed by atoms with E-state index < -0.39 is 0 Å². The molecule has 0 aromatic carbocycles. The van der Waals surface area contributed by atoms with E-state index in [4.69, 9.17) is 17.3 Å². The van der Waals surface area contributed by atoms with Gasteiger partial charge in [-0.25, -0.2) is 9.97 Å². The van der Waals surface area contributed by atoms with E-state index in [2.05, 4.69) is 15.0 Å². The molecule has 0 aliphatic heterocycles. The Morgan fingerprint density at radius 2 is 2.24 bits per heavy atom. The third-order valence-electron chi connectivity index (χ3n) is 2.32. The van der Waals surface area contributed by atoms with Crippen LogP contribution in [0.2, 0.25) is 5.15 Å². The number of hydrogen-bond donors (Lipinski definition) is 1. The first-order chi connectivity index (χ1) is 8.18. The smallest absolute Gasteiger partial charge is 0.157 e. The summed E-state index contributed by atoms with van der Waals surface area (Å²) in [5.74, 6) is 0.619. The molecule has 2 aromatic rings. The molecule has 0 bridgehead atoms. The number of nitrogen functional groups attached to an aromatic ring is 1. The van der Waals surface area contributed by atoms with E-state index in [9.17, 15) is 0 Å². The topological polar surface area (TPSA) is 67.9 Å². The Morgan fingerprint density at radius 1 is 1.41 bits per heavy atom. The average Bonchev–Trinajstić information content (AvgIpc) is 2.34. The Hall–Kier alpha value is -1.88. The summed E-state index contributed by atoms with van der Waals surface area (Å²) in [7, 11) is 1.89. The molecule has 0 saturated carbocycles. The lowest BCUT2D eigenvalue weighted by atomic mass is 10.2. The molecule has 0 atom stereocenters. The predicted molar refractivity (Wildman–Crippen MR) is 67.8 cm³/mol. The second kappa shape index (κ2) is 4.97. The SMILES string of the molecule is CN(Cc1cccnc1)c1ncnc(Cl)c1N. The van der Waals surface area contributed by atoms with Crippen molar-refractivity contribution < 1.29 is 0 Å². The van der Waals surface area contributed by atoms with Crippen molar-refractivity contribution >= 4 is 23.1 Å². The van der Waals surface area contributed by atoms with Gasteiger partial charge in [-0.3, -0.25) is 4.98 Å². The van der Waals surface area contributed by atoms with Crippen LogP contribution in [0, 0.1) is 0 Å². The highest BCUT2D eigenvalue weighted by atomic mass is 35.5. The number of hydrogen-bond acceptors (Lipinski definition) is 5. The highest BCUT2D eigenvalue weighted by Crippen LogP contribution is 2.25. The van der Waals surface area contributed by atoms with E-state index >= 15 is 0 Å². The van der Waals surface area contributed by atoms with E-state index in [1.807, 2.05) is 24.1 Å². The predicted octanol–water partition coefficient (Wildman–Crippen LogP) is 1.74. The zero-order valence-corrected chi connectivity index (χ0v) is 10.1. The minimum Gasteiger partial charge on any atom is -0.393 e. The normalized spacial score (nSPS) is 10.2. The van der Waals surface area contributed by atoms with Crippen LogP contribution in [0.5, 0.6) is 0 Å². The van der Waals surface area contributed by atoms with Gasteiger partial charge in [0, 0.05) is 26.0 Å². The highest BCUT2D eigenvalue weighted by Gasteiger charge is 2.10. The van der Waals surface area contributed by atoms with Crippen molar-refractivity contribution in [3.05, 3.63) is 41.6 Å². The van der Waals surface area contributed by atoms with E-state index in [-0.39, 0.29) is 5.15 Å². The van der Waals surface area contributed by atoms with E-state index in [0.717, 1.165) is 5.56 Å². The summed E-state index contributed by atoms with van der Waals surface area (Å²) in [6, 6.07) is 3.88. The van der Waals surface area contributed by atoms with Crippen molar-refractivity contribution in [3.8, 4) is 0 Å². The van der Waals surface area contributed by atoms with Crippen LogP contribution in [-0.2, 0) is 6.54 Å². The molecule has 0 saturated heterocycles. The lowest BCUT2D eigenvalue weighted by Crippen LogP contribution is -2.19. The fraction of sp³-hybridized carbons (Fsp3) is 0.182. The lowest BCUT2D eigenvalue weighted by Gasteiger charge is -2.19. The first-order valence-corrected chi connectivity index (χ1v) is 5.42. The Bertz CT molecular complexity index is 502. The maximum Gasteiger partial charge on any atom is 0.157 e. The molecule has 2 heterocycles. The largest absolute Gasteiger partial charge is 0.393 e. The van der Waals surface area contributed by atoms with E-state index in [1.54, 1.807) is 12.4 Å². The monoisotopic (exact) mass is 249 g/mol. The van der Waals surface area contributed by atoms with Gasteiger partial charge >= 0.3 is 0 Å². The maximum atomic E-state index is 5.85. The minimum atomic E-state index is 0.271. The van der Waals surface area contributed by atoms with Gasteiger partial charge < -0.3 is 10.6 Å².